The molecule has 0 amide bonds. The number of benzene rings is 1. The molecule has 118 valence electrons. The first-order chi connectivity index (χ1) is 9.72. The molecule has 0 N–H and O–H groups in total. The van der Waals surface area contributed by atoms with Gasteiger partial charge in [0.1, 0.15) is 5.75 Å². The maximum atomic E-state index is 12.7. The molecule has 0 saturated carbocycles. The van der Waals surface area contributed by atoms with Crippen molar-refractivity contribution in [2.45, 2.75) is 32.6 Å². The van der Waals surface area contributed by atoms with E-state index < -0.39 is 30.1 Å². The number of alkyl halides is 5. The van der Waals surface area contributed by atoms with Crippen LogP contribution in [-0.2, 0) is 22.1 Å². The molecule has 0 radical (unpaired) electrons. The molecule has 0 aromatic heterocycles. The Morgan fingerprint density at radius 1 is 1.24 bits per heavy atom. The number of hydrogen-bond donors (Lipinski definition) is 0. The number of esters is 1. The van der Waals surface area contributed by atoms with Crippen LogP contribution in [-0.4, -0.2) is 19.2 Å². The molecular formula is C13H13F5O3. The van der Waals surface area contributed by atoms with Gasteiger partial charge in [0.05, 0.1) is 12.2 Å². The monoisotopic (exact) mass is 312 g/mol. The molecular weight excluding hydrogens is 299 g/mol. The van der Waals surface area contributed by atoms with Crippen LogP contribution in [0.1, 0.15) is 24.5 Å². The lowest BCUT2D eigenvalue weighted by Crippen LogP contribution is -2.10. The molecule has 0 bridgehead atoms. The molecule has 3 nitrogen and oxygen atoms in total. The zero-order chi connectivity index (χ0) is 16.0. The second-order valence-electron chi connectivity index (χ2n) is 4.05. The fraction of sp³-hybridized carbons (Fsp3) is 0.462. The van der Waals surface area contributed by atoms with Crippen LogP contribution >= 0.6 is 0 Å². The molecule has 1 rings (SSSR count). The molecule has 0 spiro atoms. The standard InChI is InChI=1S/C13H13F5O3/c1-2-20-11(19)4-3-8-5-9(13(16,17)18)7-10(6-8)21-12(14)15/h5-7,12H,2-4H2,1H3. The van der Waals surface area contributed by atoms with Gasteiger partial charge in [0.25, 0.3) is 0 Å². The highest BCUT2D eigenvalue weighted by molar-refractivity contribution is 5.69. The van der Waals surface area contributed by atoms with Crippen LogP contribution in [0.5, 0.6) is 5.75 Å². The summed E-state index contributed by atoms with van der Waals surface area (Å²) in [5, 5.41) is 0. The lowest BCUT2D eigenvalue weighted by molar-refractivity contribution is -0.143. The van der Waals surface area contributed by atoms with Crippen LogP contribution in [0.25, 0.3) is 0 Å². The number of hydrogen-bond acceptors (Lipinski definition) is 3. The summed E-state index contributed by atoms with van der Waals surface area (Å²) in [6.07, 6.45) is -4.91. The molecule has 0 fully saturated rings. The Labute approximate surface area is 117 Å². The van der Waals surface area contributed by atoms with E-state index in [4.69, 9.17) is 0 Å². The van der Waals surface area contributed by atoms with Crippen LogP contribution < -0.4 is 4.74 Å². The van der Waals surface area contributed by atoms with Gasteiger partial charge in [-0.05, 0) is 37.1 Å². The van der Waals surface area contributed by atoms with Gasteiger partial charge in [0.15, 0.2) is 0 Å². The average molecular weight is 312 g/mol. The predicted octanol–water partition coefficient (Wildman–Crippen LogP) is 3.80. The Morgan fingerprint density at radius 2 is 1.90 bits per heavy atom. The van der Waals surface area contributed by atoms with Crippen LogP contribution in [0.2, 0.25) is 0 Å². The van der Waals surface area contributed by atoms with Gasteiger partial charge in [0.2, 0.25) is 0 Å². The summed E-state index contributed by atoms with van der Waals surface area (Å²) in [5.41, 5.74) is -1.05. The minimum Gasteiger partial charge on any atom is -0.466 e. The molecule has 8 heteroatoms. The zero-order valence-corrected chi connectivity index (χ0v) is 11.0. The van der Waals surface area contributed by atoms with Crippen molar-refractivity contribution < 1.29 is 36.2 Å². The minimum absolute atomic E-state index is 0.0635. The summed E-state index contributed by atoms with van der Waals surface area (Å²) in [5.74, 6) is -1.18. The lowest BCUT2D eigenvalue weighted by Gasteiger charge is -2.12. The topological polar surface area (TPSA) is 35.5 Å². The molecule has 0 atom stereocenters. The van der Waals surface area contributed by atoms with Crippen LogP contribution in [0.15, 0.2) is 18.2 Å². The number of rotatable bonds is 6. The van der Waals surface area contributed by atoms with Gasteiger partial charge in [-0.3, -0.25) is 4.79 Å². The fourth-order valence-electron chi connectivity index (χ4n) is 1.62. The first-order valence-corrected chi connectivity index (χ1v) is 6.04. The van der Waals surface area contributed by atoms with Gasteiger partial charge in [-0.2, -0.15) is 22.0 Å². The third-order valence-electron chi connectivity index (χ3n) is 2.44. The van der Waals surface area contributed by atoms with E-state index in [2.05, 4.69) is 9.47 Å². The summed E-state index contributed by atoms with van der Waals surface area (Å²) in [6, 6.07) is 2.32. The number of halogens is 5. The van der Waals surface area contributed by atoms with E-state index >= 15 is 0 Å². The SMILES string of the molecule is CCOC(=O)CCc1cc(OC(F)F)cc(C(F)(F)F)c1. The average Bonchev–Trinajstić information content (AvgIpc) is 2.34. The van der Waals surface area contributed by atoms with E-state index in [0.29, 0.717) is 6.07 Å². The quantitative estimate of drug-likeness (QED) is 0.592. The van der Waals surface area contributed by atoms with Gasteiger partial charge >= 0.3 is 18.8 Å². The molecule has 0 unspecified atom stereocenters. The van der Waals surface area contributed by atoms with E-state index in [-0.39, 0.29) is 25.0 Å². The highest BCUT2D eigenvalue weighted by Gasteiger charge is 2.31. The van der Waals surface area contributed by atoms with Crippen LogP contribution in [0.3, 0.4) is 0 Å². The number of aryl methyl sites for hydroxylation is 1. The Morgan fingerprint density at radius 3 is 2.43 bits per heavy atom. The van der Waals surface area contributed by atoms with Crippen molar-refractivity contribution in [3.63, 3.8) is 0 Å². The Hall–Kier alpha value is -1.86. The molecule has 0 aliphatic carbocycles. The van der Waals surface area contributed by atoms with Crippen molar-refractivity contribution >= 4 is 5.97 Å². The lowest BCUT2D eigenvalue weighted by atomic mass is 10.1. The smallest absolute Gasteiger partial charge is 0.416 e. The molecule has 1 aromatic rings. The number of carbonyl (C=O) groups is 1. The third-order valence-corrected chi connectivity index (χ3v) is 2.44. The first kappa shape index (κ1) is 17.2. The maximum Gasteiger partial charge on any atom is 0.416 e. The minimum atomic E-state index is -4.69. The van der Waals surface area contributed by atoms with E-state index in [9.17, 15) is 26.7 Å². The summed E-state index contributed by atoms with van der Waals surface area (Å²) in [4.78, 5) is 11.2. The molecule has 0 heterocycles. The van der Waals surface area contributed by atoms with Gasteiger partial charge < -0.3 is 9.47 Å². The van der Waals surface area contributed by atoms with Gasteiger partial charge in [-0.1, -0.05) is 0 Å². The summed E-state index contributed by atoms with van der Waals surface area (Å²) in [6.45, 7) is -1.48. The van der Waals surface area contributed by atoms with Crippen molar-refractivity contribution in [1.29, 1.82) is 0 Å². The van der Waals surface area contributed by atoms with Crippen molar-refractivity contribution in [3.8, 4) is 5.75 Å². The van der Waals surface area contributed by atoms with Crippen LogP contribution in [0.4, 0.5) is 22.0 Å². The summed E-state index contributed by atoms with van der Waals surface area (Å²) < 4.78 is 70.9. The summed E-state index contributed by atoms with van der Waals surface area (Å²) >= 11 is 0. The highest BCUT2D eigenvalue weighted by atomic mass is 19.4. The molecule has 21 heavy (non-hydrogen) atoms. The Kier molecular flexibility index (Phi) is 5.92. The van der Waals surface area contributed by atoms with E-state index in [1.54, 1.807) is 6.92 Å². The first-order valence-electron chi connectivity index (χ1n) is 6.04. The zero-order valence-electron chi connectivity index (χ0n) is 11.0. The van der Waals surface area contributed by atoms with Crippen molar-refractivity contribution in [1.82, 2.24) is 0 Å². The molecule has 0 saturated heterocycles. The normalized spacial score (nSPS) is 11.6. The molecule has 1 aromatic carbocycles. The van der Waals surface area contributed by atoms with Crippen molar-refractivity contribution in [2.75, 3.05) is 6.61 Å². The Bertz CT molecular complexity index is 485. The van der Waals surface area contributed by atoms with Gasteiger partial charge in [0, 0.05) is 6.42 Å². The van der Waals surface area contributed by atoms with E-state index in [0.717, 1.165) is 12.1 Å². The fourth-order valence-corrected chi connectivity index (χ4v) is 1.62. The second-order valence-corrected chi connectivity index (χ2v) is 4.05. The van der Waals surface area contributed by atoms with Crippen LogP contribution in [0, 0.1) is 0 Å². The largest absolute Gasteiger partial charge is 0.466 e. The Balaban J connectivity index is 2.93. The summed E-state index contributed by atoms with van der Waals surface area (Å²) in [7, 11) is 0. The number of ether oxygens (including phenoxy) is 2. The van der Waals surface area contributed by atoms with Crippen molar-refractivity contribution in [3.05, 3.63) is 29.3 Å². The van der Waals surface area contributed by atoms with Crippen molar-refractivity contribution in [2.24, 2.45) is 0 Å². The second kappa shape index (κ2) is 7.24. The molecule has 0 aliphatic rings. The van der Waals surface area contributed by atoms with Gasteiger partial charge in [-0.25, -0.2) is 0 Å². The molecule has 0 aliphatic heterocycles. The van der Waals surface area contributed by atoms with E-state index in [1.807, 2.05) is 0 Å². The van der Waals surface area contributed by atoms with Gasteiger partial charge in [-0.15, -0.1) is 0 Å². The highest BCUT2D eigenvalue weighted by Crippen LogP contribution is 2.33. The van der Waals surface area contributed by atoms with E-state index in [1.165, 1.54) is 0 Å². The maximum absolute atomic E-state index is 12.7. The number of carbonyl (C=O) groups excluding carboxylic acids is 1. The predicted molar refractivity (Wildman–Crippen MR) is 63.0 cm³/mol. The third kappa shape index (κ3) is 5.97.